The maximum Gasteiger partial charge on any atom is 0.240 e. The number of benzene rings is 2. The van der Waals surface area contributed by atoms with Gasteiger partial charge < -0.3 is 26.0 Å². The molecule has 2 aromatic carbocycles. The van der Waals surface area contributed by atoms with Gasteiger partial charge in [0.05, 0.1) is 6.04 Å². The molecule has 1 unspecified atom stereocenters. The SMILES string of the molecule is CCOC.NC(N)=NCCCC(NSc1ccc2ccccc2c1)C(=O)N1CCN(C=O)CC1. The molecule has 3 rings (SSSR count). The van der Waals surface area contributed by atoms with E-state index >= 15 is 0 Å². The first-order valence-corrected chi connectivity index (χ1v) is 12.2. The lowest BCUT2D eigenvalue weighted by atomic mass is 10.1. The predicted molar refractivity (Wildman–Crippen MR) is 138 cm³/mol. The number of carbonyl (C=O) groups is 2. The fourth-order valence-corrected chi connectivity index (χ4v) is 4.19. The molecule has 2 amide bonds. The van der Waals surface area contributed by atoms with Crippen LogP contribution in [0.2, 0.25) is 0 Å². The van der Waals surface area contributed by atoms with Crippen LogP contribution in [0.4, 0.5) is 0 Å². The first-order chi connectivity index (χ1) is 16.5. The van der Waals surface area contributed by atoms with E-state index in [1.54, 1.807) is 12.0 Å². The Balaban J connectivity index is 0.000000945. The molecular weight excluding hydrogens is 452 g/mol. The van der Waals surface area contributed by atoms with Crippen molar-refractivity contribution in [3.8, 4) is 0 Å². The van der Waals surface area contributed by atoms with Crippen LogP contribution in [0.5, 0.6) is 0 Å². The van der Waals surface area contributed by atoms with Crippen molar-refractivity contribution in [1.82, 2.24) is 14.5 Å². The van der Waals surface area contributed by atoms with E-state index in [9.17, 15) is 9.59 Å². The number of methoxy groups -OCH3 is 1. The van der Waals surface area contributed by atoms with Gasteiger partial charge in [-0.1, -0.05) is 30.3 Å². The minimum atomic E-state index is -0.363. The monoisotopic (exact) mass is 488 g/mol. The lowest BCUT2D eigenvalue weighted by molar-refractivity contribution is -0.136. The number of carbonyl (C=O) groups excluding carboxylic acids is 2. The van der Waals surface area contributed by atoms with E-state index in [2.05, 4.69) is 38.7 Å². The van der Waals surface area contributed by atoms with Crippen LogP contribution in [-0.2, 0) is 14.3 Å². The van der Waals surface area contributed by atoms with Gasteiger partial charge in [-0.15, -0.1) is 0 Å². The molecule has 1 fully saturated rings. The topological polar surface area (TPSA) is 126 Å². The fraction of sp³-hybridized carbons (Fsp3) is 0.458. The maximum absolute atomic E-state index is 13.1. The molecule has 0 bridgehead atoms. The Morgan fingerprint density at radius 1 is 1.18 bits per heavy atom. The third-order valence-electron chi connectivity index (χ3n) is 5.35. The molecule has 34 heavy (non-hydrogen) atoms. The predicted octanol–water partition coefficient (Wildman–Crippen LogP) is 1.81. The van der Waals surface area contributed by atoms with Gasteiger partial charge in [0.1, 0.15) is 0 Å². The number of guanidine groups is 1. The number of ether oxygens (including phenoxy) is 1. The number of hydrogen-bond donors (Lipinski definition) is 3. The number of fused-ring (bicyclic) bond motifs is 1. The van der Waals surface area contributed by atoms with Gasteiger partial charge in [-0.05, 0) is 54.6 Å². The smallest absolute Gasteiger partial charge is 0.240 e. The van der Waals surface area contributed by atoms with E-state index in [1.807, 2.05) is 30.0 Å². The van der Waals surface area contributed by atoms with Crippen LogP contribution in [0.1, 0.15) is 19.8 Å². The van der Waals surface area contributed by atoms with Crippen molar-refractivity contribution in [3.63, 3.8) is 0 Å². The van der Waals surface area contributed by atoms with Gasteiger partial charge in [-0.25, -0.2) is 4.72 Å². The van der Waals surface area contributed by atoms with Crippen molar-refractivity contribution in [2.24, 2.45) is 16.5 Å². The summed E-state index contributed by atoms with van der Waals surface area (Å²) in [6, 6.07) is 14.0. The average molecular weight is 489 g/mol. The first-order valence-electron chi connectivity index (χ1n) is 11.4. The summed E-state index contributed by atoms with van der Waals surface area (Å²) in [7, 11) is 1.68. The molecule has 0 radical (unpaired) electrons. The van der Waals surface area contributed by atoms with Crippen molar-refractivity contribution in [3.05, 3.63) is 42.5 Å². The summed E-state index contributed by atoms with van der Waals surface area (Å²) >= 11 is 1.46. The summed E-state index contributed by atoms with van der Waals surface area (Å²) in [4.78, 5) is 32.6. The number of nitrogens with two attached hydrogens (primary N) is 2. The minimum Gasteiger partial charge on any atom is -0.385 e. The van der Waals surface area contributed by atoms with E-state index in [0.717, 1.165) is 23.3 Å². The number of hydrogen-bond acceptors (Lipinski definition) is 6. The van der Waals surface area contributed by atoms with Gasteiger partial charge in [0.2, 0.25) is 12.3 Å². The van der Waals surface area contributed by atoms with Gasteiger partial charge in [-0.3, -0.25) is 14.6 Å². The maximum atomic E-state index is 13.1. The van der Waals surface area contributed by atoms with Gasteiger partial charge in [-0.2, -0.15) is 0 Å². The zero-order chi connectivity index (χ0) is 24.8. The molecule has 1 heterocycles. The van der Waals surface area contributed by atoms with Crippen molar-refractivity contribution >= 4 is 41.0 Å². The van der Waals surface area contributed by atoms with E-state index in [-0.39, 0.29) is 17.9 Å². The number of nitrogens with one attached hydrogen (secondary N) is 1. The molecule has 0 saturated carbocycles. The van der Waals surface area contributed by atoms with Gasteiger partial charge in [0.15, 0.2) is 5.96 Å². The second-order valence-electron chi connectivity index (χ2n) is 7.77. The van der Waals surface area contributed by atoms with Gasteiger partial charge in [0.25, 0.3) is 0 Å². The van der Waals surface area contributed by atoms with Crippen LogP contribution in [0.3, 0.4) is 0 Å². The van der Waals surface area contributed by atoms with Crippen molar-refractivity contribution in [2.75, 3.05) is 46.4 Å². The summed E-state index contributed by atoms with van der Waals surface area (Å²) in [5.74, 6) is 0.0971. The molecule has 0 spiro atoms. The molecule has 0 aromatic heterocycles. The lowest BCUT2D eigenvalue weighted by Gasteiger charge is -2.34. The molecule has 1 aliphatic rings. The lowest BCUT2D eigenvalue weighted by Crippen LogP contribution is -2.53. The largest absolute Gasteiger partial charge is 0.385 e. The zero-order valence-corrected chi connectivity index (χ0v) is 20.8. The van der Waals surface area contributed by atoms with Crippen molar-refractivity contribution in [2.45, 2.75) is 30.7 Å². The third-order valence-corrected chi connectivity index (χ3v) is 6.24. The van der Waals surface area contributed by atoms with Crippen LogP contribution in [-0.4, -0.2) is 80.6 Å². The van der Waals surface area contributed by atoms with E-state index in [0.29, 0.717) is 45.6 Å². The quantitative estimate of drug-likeness (QED) is 0.153. The van der Waals surface area contributed by atoms with Gasteiger partial charge in [0, 0.05) is 51.3 Å². The minimum absolute atomic E-state index is 0.0403. The van der Waals surface area contributed by atoms with Crippen LogP contribution < -0.4 is 16.2 Å². The first kappa shape index (κ1) is 27.4. The number of piperazine rings is 1. The summed E-state index contributed by atoms with van der Waals surface area (Å²) in [6.07, 6.45) is 2.14. The molecule has 1 atom stereocenters. The Labute approximate surface area is 206 Å². The average Bonchev–Trinajstić information content (AvgIpc) is 2.87. The van der Waals surface area contributed by atoms with Gasteiger partial charge >= 0.3 is 0 Å². The second-order valence-corrected chi connectivity index (χ2v) is 8.69. The Morgan fingerprint density at radius 2 is 1.85 bits per heavy atom. The molecular formula is C24H36N6O3S. The number of amides is 2. The highest BCUT2D eigenvalue weighted by Crippen LogP contribution is 2.23. The summed E-state index contributed by atoms with van der Waals surface area (Å²) < 4.78 is 7.88. The zero-order valence-electron chi connectivity index (χ0n) is 20.0. The van der Waals surface area contributed by atoms with Crippen LogP contribution in [0.25, 0.3) is 10.8 Å². The summed E-state index contributed by atoms with van der Waals surface area (Å²) in [6.45, 7) is 5.48. The van der Waals surface area contributed by atoms with E-state index in [1.165, 1.54) is 17.3 Å². The highest BCUT2D eigenvalue weighted by Gasteiger charge is 2.27. The van der Waals surface area contributed by atoms with E-state index in [4.69, 9.17) is 11.5 Å². The number of nitrogens with zero attached hydrogens (tertiary/aromatic N) is 3. The van der Waals surface area contributed by atoms with E-state index < -0.39 is 0 Å². The number of rotatable bonds is 10. The molecule has 1 aliphatic heterocycles. The normalized spacial score (nSPS) is 14.2. The molecule has 2 aromatic rings. The molecule has 5 N–H and O–H groups in total. The Hall–Kier alpha value is -2.82. The van der Waals surface area contributed by atoms with Crippen molar-refractivity contribution < 1.29 is 14.3 Å². The summed E-state index contributed by atoms with van der Waals surface area (Å²) in [5.41, 5.74) is 10.8. The molecule has 1 saturated heterocycles. The highest BCUT2D eigenvalue weighted by atomic mass is 32.2. The Bertz CT molecular complexity index is 928. The third kappa shape index (κ3) is 9.20. The molecule has 0 aliphatic carbocycles. The Morgan fingerprint density at radius 3 is 2.47 bits per heavy atom. The Kier molecular flexibility index (Phi) is 12.2. The molecule has 10 heteroatoms. The molecule has 9 nitrogen and oxygen atoms in total. The highest BCUT2D eigenvalue weighted by molar-refractivity contribution is 7.97. The van der Waals surface area contributed by atoms with Crippen molar-refractivity contribution in [1.29, 1.82) is 0 Å². The standard InChI is InChI=1S/C21H28N6O2S.C3H8O/c22-21(23)24-9-3-6-19(20(29)27-12-10-26(15-28)11-13-27)25-30-18-8-7-16-4-1-2-5-17(16)14-18;1-3-4-2/h1-2,4-5,7-8,14-15,19,25H,3,6,9-13H2,(H4,22,23,24);3H2,1-2H3. The number of aliphatic imine (C=N–C) groups is 1. The van der Waals surface area contributed by atoms with Crippen LogP contribution in [0, 0.1) is 0 Å². The second kappa shape index (κ2) is 15.2. The van der Waals surface area contributed by atoms with Crippen LogP contribution >= 0.6 is 11.9 Å². The van der Waals surface area contributed by atoms with Crippen LogP contribution in [0.15, 0.2) is 52.4 Å². The molecule has 186 valence electrons. The fourth-order valence-electron chi connectivity index (χ4n) is 3.37. The summed E-state index contributed by atoms with van der Waals surface area (Å²) in [5, 5.41) is 2.34.